The summed E-state index contributed by atoms with van der Waals surface area (Å²) in [6.45, 7) is 2.62. The summed E-state index contributed by atoms with van der Waals surface area (Å²) in [6, 6.07) is 7.34. The van der Waals surface area contributed by atoms with Gasteiger partial charge in [-0.25, -0.2) is 4.98 Å². The summed E-state index contributed by atoms with van der Waals surface area (Å²) in [5, 5.41) is 16.2. The molecule has 2 aromatic rings. The highest BCUT2D eigenvalue weighted by Crippen LogP contribution is 2.09. The van der Waals surface area contributed by atoms with Crippen LogP contribution in [0.5, 0.6) is 0 Å². The Hall–Kier alpha value is -2.35. The van der Waals surface area contributed by atoms with Crippen LogP contribution >= 0.6 is 0 Å². The summed E-state index contributed by atoms with van der Waals surface area (Å²) in [5.41, 5.74) is 2.53. The Morgan fingerprint density at radius 1 is 1.47 bits per heavy atom. The van der Waals surface area contributed by atoms with E-state index >= 15 is 0 Å². The minimum Gasteiger partial charge on any atom is -0.366 e. The minimum atomic E-state index is 0.415. The molecule has 0 aliphatic rings. The van der Waals surface area contributed by atoms with E-state index in [-0.39, 0.29) is 0 Å². The molecule has 0 saturated heterocycles. The molecule has 0 aliphatic carbocycles. The summed E-state index contributed by atoms with van der Waals surface area (Å²) in [7, 11) is 1.89. The Balaban J connectivity index is 2.07. The molecular weight excluding hydrogens is 214 g/mol. The fourth-order valence-corrected chi connectivity index (χ4v) is 1.60. The van der Waals surface area contributed by atoms with Gasteiger partial charge in [0.25, 0.3) is 0 Å². The highest BCUT2D eigenvalue weighted by atomic mass is 15.3. The van der Waals surface area contributed by atoms with Crippen LogP contribution in [0.2, 0.25) is 0 Å². The molecule has 0 atom stereocenters. The number of pyridine rings is 1. The van der Waals surface area contributed by atoms with Gasteiger partial charge in [-0.2, -0.15) is 10.4 Å². The van der Waals surface area contributed by atoms with E-state index in [0.29, 0.717) is 18.1 Å². The lowest BCUT2D eigenvalue weighted by molar-refractivity contribution is 0.756. The van der Waals surface area contributed by atoms with Gasteiger partial charge in [0, 0.05) is 25.4 Å². The lowest BCUT2D eigenvalue weighted by Crippen LogP contribution is -2.02. The number of anilines is 1. The molecule has 5 nitrogen and oxygen atoms in total. The maximum atomic E-state index is 8.74. The Morgan fingerprint density at radius 3 is 2.94 bits per heavy atom. The first-order valence-electron chi connectivity index (χ1n) is 5.29. The lowest BCUT2D eigenvalue weighted by atomic mass is 10.2. The standard InChI is InChI=1S/C12H13N5/c1-9-10(8-17(2)16-9)7-14-12-5-3-4-11(6-13)15-12/h3-5,8H,7H2,1-2H3,(H,14,15). The zero-order valence-corrected chi connectivity index (χ0v) is 9.81. The number of aromatic nitrogens is 3. The van der Waals surface area contributed by atoms with E-state index in [4.69, 9.17) is 5.26 Å². The van der Waals surface area contributed by atoms with Crippen molar-refractivity contribution in [1.29, 1.82) is 5.26 Å². The molecule has 5 heteroatoms. The molecule has 0 aliphatic heterocycles. The molecule has 2 rings (SSSR count). The fourth-order valence-electron chi connectivity index (χ4n) is 1.60. The molecule has 2 heterocycles. The van der Waals surface area contributed by atoms with Crippen LogP contribution in [-0.4, -0.2) is 14.8 Å². The number of nitrogens with zero attached hydrogens (tertiary/aromatic N) is 4. The highest BCUT2D eigenvalue weighted by Gasteiger charge is 2.03. The van der Waals surface area contributed by atoms with Crippen molar-refractivity contribution in [2.45, 2.75) is 13.5 Å². The highest BCUT2D eigenvalue weighted by molar-refractivity contribution is 5.39. The molecule has 86 valence electrons. The molecule has 0 unspecified atom stereocenters. The second-order valence-electron chi connectivity index (χ2n) is 3.79. The quantitative estimate of drug-likeness (QED) is 0.865. The van der Waals surface area contributed by atoms with E-state index in [9.17, 15) is 0 Å². The summed E-state index contributed by atoms with van der Waals surface area (Å²) in [5.74, 6) is 0.701. The molecule has 0 saturated carbocycles. The fraction of sp³-hybridized carbons (Fsp3) is 0.250. The van der Waals surface area contributed by atoms with E-state index in [1.807, 2.05) is 38.4 Å². The third-order valence-electron chi connectivity index (χ3n) is 2.44. The van der Waals surface area contributed by atoms with Crippen LogP contribution in [0.4, 0.5) is 5.82 Å². The van der Waals surface area contributed by atoms with E-state index < -0.39 is 0 Å². The zero-order chi connectivity index (χ0) is 12.3. The van der Waals surface area contributed by atoms with Crippen molar-refractivity contribution in [3.63, 3.8) is 0 Å². The largest absolute Gasteiger partial charge is 0.366 e. The average Bonchev–Trinajstić information content (AvgIpc) is 2.65. The van der Waals surface area contributed by atoms with E-state index in [0.717, 1.165) is 11.3 Å². The van der Waals surface area contributed by atoms with Crippen molar-refractivity contribution in [3.8, 4) is 6.07 Å². The van der Waals surface area contributed by atoms with Crippen LogP contribution in [-0.2, 0) is 13.6 Å². The van der Waals surface area contributed by atoms with Gasteiger partial charge in [0.1, 0.15) is 17.6 Å². The molecule has 1 N–H and O–H groups in total. The first kappa shape index (κ1) is 11.1. The summed E-state index contributed by atoms with van der Waals surface area (Å²) < 4.78 is 1.78. The SMILES string of the molecule is Cc1nn(C)cc1CNc1cccc(C#N)n1. The number of hydrogen-bond acceptors (Lipinski definition) is 4. The van der Waals surface area contributed by atoms with Crippen LogP contribution in [0.25, 0.3) is 0 Å². The molecule has 2 aromatic heterocycles. The van der Waals surface area contributed by atoms with Gasteiger partial charge in [-0.3, -0.25) is 4.68 Å². The van der Waals surface area contributed by atoms with Gasteiger partial charge in [0.15, 0.2) is 0 Å². The maximum Gasteiger partial charge on any atom is 0.142 e. The van der Waals surface area contributed by atoms with Gasteiger partial charge in [0.05, 0.1) is 5.69 Å². The molecule has 17 heavy (non-hydrogen) atoms. The van der Waals surface area contributed by atoms with Crippen molar-refractivity contribution in [1.82, 2.24) is 14.8 Å². The predicted octanol–water partition coefficient (Wildman–Crippen LogP) is 1.61. The first-order chi connectivity index (χ1) is 8.19. The van der Waals surface area contributed by atoms with Gasteiger partial charge in [0.2, 0.25) is 0 Å². The second kappa shape index (κ2) is 4.66. The zero-order valence-electron chi connectivity index (χ0n) is 9.81. The monoisotopic (exact) mass is 227 g/mol. The number of nitriles is 1. The molecule has 0 radical (unpaired) electrons. The second-order valence-corrected chi connectivity index (χ2v) is 3.79. The smallest absolute Gasteiger partial charge is 0.142 e. The molecule has 0 spiro atoms. The normalized spacial score (nSPS) is 9.94. The number of aryl methyl sites for hydroxylation is 2. The molecule has 0 amide bonds. The lowest BCUT2D eigenvalue weighted by Gasteiger charge is -2.04. The average molecular weight is 227 g/mol. The third kappa shape index (κ3) is 2.61. The molecule has 0 bridgehead atoms. The van der Waals surface area contributed by atoms with Gasteiger partial charge < -0.3 is 5.32 Å². The Labute approximate surface area is 99.7 Å². The summed E-state index contributed by atoms with van der Waals surface area (Å²) in [4.78, 5) is 4.14. The number of nitrogens with one attached hydrogen (secondary N) is 1. The van der Waals surface area contributed by atoms with Crippen molar-refractivity contribution in [3.05, 3.63) is 41.3 Å². The number of hydrogen-bond donors (Lipinski definition) is 1. The Bertz CT molecular complexity index is 565. The maximum absolute atomic E-state index is 8.74. The Kier molecular flexibility index (Phi) is 3.06. The van der Waals surface area contributed by atoms with Gasteiger partial charge >= 0.3 is 0 Å². The molecule has 0 aromatic carbocycles. The van der Waals surface area contributed by atoms with Crippen LogP contribution in [0.15, 0.2) is 24.4 Å². The van der Waals surface area contributed by atoms with E-state index in [1.165, 1.54) is 0 Å². The summed E-state index contributed by atoms with van der Waals surface area (Å²) in [6.07, 6.45) is 1.97. The van der Waals surface area contributed by atoms with Crippen molar-refractivity contribution in [2.75, 3.05) is 5.32 Å². The minimum absolute atomic E-state index is 0.415. The van der Waals surface area contributed by atoms with Crippen LogP contribution in [0.1, 0.15) is 17.0 Å². The first-order valence-corrected chi connectivity index (χ1v) is 5.29. The van der Waals surface area contributed by atoms with Crippen molar-refractivity contribution in [2.24, 2.45) is 7.05 Å². The van der Waals surface area contributed by atoms with Crippen molar-refractivity contribution < 1.29 is 0 Å². The molecule has 0 fully saturated rings. The van der Waals surface area contributed by atoms with E-state index in [1.54, 1.807) is 10.7 Å². The van der Waals surface area contributed by atoms with Gasteiger partial charge in [-0.1, -0.05) is 6.07 Å². The third-order valence-corrected chi connectivity index (χ3v) is 2.44. The Morgan fingerprint density at radius 2 is 2.29 bits per heavy atom. The van der Waals surface area contributed by atoms with Crippen molar-refractivity contribution >= 4 is 5.82 Å². The predicted molar refractivity (Wildman–Crippen MR) is 64.2 cm³/mol. The van der Waals surface area contributed by atoms with Gasteiger partial charge in [-0.05, 0) is 19.1 Å². The van der Waals surface area contributed by atoms with Crippen LogP contribution in [0, 0.1) is 18.3 Å². The summed E-state index contributed by atoms with van der Waals surface area (Å²) >= 11 is 0. The molecular formula is C12H13N5. The van der Waals surface area contributed by atoms with E-state index in [2.05, 4.69) is 15.4 Å². The van der Waals surface area contributed by atoms with Crippen LogP contribution in [0.3, 0.4) is 0 Å². The van der Waals surface area contributed by atoms with Crippen LogP contribution < -0.4 is 5.32 Å². The number of rotatable bonds is 3. The van der Waals surface area contributed by atoms with Gasteiger partial charge in [-0.15, -0.1) is 0 Å². The topological polar surface area (TPSA) is 66.5 Å².